The zero-order valence-electron chi connectivity index (χ0n) is 20.2. The van der Waals surface area contributed by atoms with Gasteiger partial charge in [-0.15, -0.1) is 0 Å². The van der Waals surface area contributed by atoms with Crippen LogP contribution in [-0.2, 0) is 9.59 Å². The third-order valence-corrected chi connectivity index (χ3v) is 6.51. The van der Waals surface area contributed by atoms with Gasteiger partial charge >= 0.3 is 0 Å². The second kappa shape index (κ2) is 9.84. The minimum Gasteiger partial charge on any atom is -0.310 e. The molecule has 5 aromatic carbocycles. The van der Waals surface area contributed by atoms with Gasteiger partial charge in [0.05, 0.1) is 22.4 Å². The lowest BCUT2D eigenvalue weighted by molar-refractivity contribution is 0.564. The molecular weight excluding hydrogens is 472 g/mol. The molecule has 0 N–H and O–H groups in total. The van der Waals surface area contributed by atoms with E-state index < -0.39 is 0 Å². The summed E-state index contributed by atoms with van der Waals surface area (Å²) < 4.78 is 2.28. The summed E-state index contributed by atoms with van der Waals surface area (Å²) in [5, 5.41) is 2.43. The molecule has 0 amide bonds. The zero-order valence-corrected chi connectivity index (χ0v) is 20.2. The Balaban J connectivity index is 1.47. The van der Waals surface area contributed by atoms with E-state index in [1.807, 2.05) is 24.3 Å². The number of aliphatic imine (C=N–C) groups is 2. The van der Waals surface area contributed by atoms with Gasteiger partial charge in [-0.1, -0.05) is 36.4 Å². The van der Waals surface area contributed by atoms with Crippen molar-refractivity contribution in [3.05, 3.63) is 121 Å². The van der Waals surface area contributed by atoms with Gasteiger partial charge in [0.2, 0.25) is 12.2 Å². The number of isocyanates is 2. The Morgan fingerprint density at radius 2 is 0.895 bits per heavy atom. The lowest BCUT2D eigenvalue weighted by Gasteiger charge is -2.26. The Kier molecular flexibility index (Phi) is 5.93. The standard InChI is InChI=1S/C32H20N4O2/c37-21-33-23-9-13-25(14-10-23)35(26-15-11-24(12-16-26)34-22-38)27-17-19-28(20-18-27)36-31-7-3-1-5-29(31)30-6-2-4-8-32(30)36/h1-20H. The molecule has 6 rings (SSSR count). The highest BCUT2D eigenvalue weighted by Crippen LogP contribution is 2.37. The van der Waals surface area contributed by atoms with Crippen LogP contribution in [0.2, 0.25) is 0 Å². The van der Waals surface area contributed by atoms with E-state index in [4.69, 9.17) is 0 Å². The quantitative estimate of drug-likeness (QED) is 0.174. The van der Waals surface area contributed by atoms with Gasteiger partial charge in [-0.25, -0.2) is 9.59 Å². The lowest BCUT2D eigenvalue weighted by atomic mass is 10.1. The van der Waals surface area contributed by atoms with Crippen LogP contribution in [-0.4, -0.2) is 16.7 Å². The summed E-state index contributed by atoms with van der Waals surface area (Å²) in [5.41, 5.74) is 7.11. The molecule has 1 heterocycles. The number of nitrogens with zero attached hydrogens (tertiary/aromatic N) is 4. The SMILES string of the molecule is O=C=Nc1ccc(N(c2ccc(N=C=O)cc2)c2ccc(-n3c4ccccc4c4ccccc43)cc2)cc1. The fourth-order valence-corrected chi connectivity index (χ4v) is 4.86. The second-order valence-electron chi connectivity index (χ2n) is 8.66. The number of anilines is 3. The van der Waals surface area contributed by atoms with Gasteiger partial charge in [-0.05, 0) is 84.9 Å². The fourth-order valence-electron chi connectivity index (χ4n) is 4.86. The Hall–Kier alpha value is -5.54. The van der Waals surface area contributed by atoms with Crippen LogP contribution < -0.4 is 4.90 Å². The third-order valence-electron chi connectivity index (χ3n) is 6.51. The van der Waals surface area contributed by atoms with Crippen LogP contribution in [0.4, 0.5) is 28.4 Å². The summed E-state index contributed by atoms with van der Waals surface area (Å²) in [7, 11) is 0. The first-order valence-corrected chi connectivity index (χ1v) is 12.0. The van der Waals surface area contributed by atoms with Crippen molar-refractivity contribution in [1.82, 2.24) is 4.57 Å². The van der Waals surface area contributed by atoms with Gasteiger partial charge in [0.25, 0.3) is 0 Å². The van der Waals surface area contributed by atoms with E-state index in [1.54, 1.807) is 36.4 Å². The van der Waals surface area contributed by atoms with E-state index >= 15 is 0 Å². The second-order valence-corrected chi connectivity index (χ2v) is 8.66. The average molecular weight is 493 g/mol. The molecule has 6 aromatic rings. The number of rotatable bonds is 6. The number of aromatic nitrogens is 1. The number of para-hydroxylation sites is 2. The average Bonchev–Trinajstić information content (AvgIpc) is 3.30. The van der Waals surface area contributed by atoms with Crippen molar-refractivity contribution in [2.24, 2.45) is 9.98 Å². The molecule has 38 heavy (non-hydrogen) atoms. The van der Waals surface area contributed by atoms with E-state index in [0.717, 1.165) is 33.8 Å². The number of hydrogen-bond donors (Lipinski definition) is 0. The lowest BCUT2D eigenvalue weighted by Crippen LogP contribution is -2.09. The van der Waals surface area contributed by atoms with Crippen LogP contribution in [0.3, 0.4) is 0 Å². The Bertz CT molecular complexity index is 1740. The first-order valence-electron chi connectivity index (χ1n) is 12.0. The van der Waals surface area contributed by atoms with Gasteiger partial charge < -0.3 is 9.47 Å². The van der Waals surface area contributed by atoms with Crippen molar-refractivity contribution in [2.75, 3.05) is 4.90 Å². The van der Waals surface area contributed by atoms with Gasteiger partial charge in [0.1, 0.15) is 0 Å². The first kappa shape index (κ1) is 22.9. The summed E-state index contributed by atoms with van der Waals surface area (Å²) in [5.74, 6) is 0. The number of benzene rings is 5. The topological polar surface area (TPSA) is 67.0 Å². The molecule has 0 radical (unpaired) electrons. The highest BCUT2D eigenvalue weighted by Gasteiger charge is 2.15. The van der Waals surface area contributed by atoms with Crippen molar-refractivity contribution in [2.45, 2.75) is 0 Å². The minimum atomic E-state index is 0.529. The Morgan fingerprint density at radius 3 is 1.32 bits per heavy atom. The van der Waals surface area contributed by atoms with E-state index in [9.17, 15) is 9.59 Å². The molecule has 0 aliphatic heterocycles. The number of fused-ring (bicyclic) bond motifs is 3. The van der Waals surface area contributed by atoms with Crippen molar-refractivity contribution in [1.29, 1.82) is 0 Å². The van der Waals surface area contributed by atoms with Gasteiger partial charge in [-0.3, -0.25) is 0 Å². The van der Waals surface area contributed by atoms with Crippen molar-refractivity contribution in [3.8, 4) is 5.69 Å². The van der Waals surface area contributed by atoms with Gasteiger partial charge in [0, 0.05) is 33.5 Å². The predicted molar refractivity (Wildman–Crippen MR) is 151 cm³/mol. The third kappa shape index (κ3) is 4.08. The summed E-state index contributed by atoms with van der Waals surface area (Å²) in [6.07, 6.45) is 3.15. The summed E-state index contributed by atoms with van der Waals surface area (Å²) in [4.78, 5) is 30.8. The van der Waals surface area contributed by atoms with Crippen molar-refractivity contribution < 1.29 is 9.59 Å². The normalized spacial score (nSPS) is 10.6. The molecule has 0 aliphatic rings. The van der Waals surface area contributed by atoms with E-state index in [0.29, 0.717) is 11.4 Å². The molecule has 6 heteroatoms. The van der Waals surface area contributed by atoms with Crippen LogP contribution in [0, 0.1) is 0 Å². The molecule has 180 valence electrons. The van der Waals surface area contributed by atoms with E-state index in [2.05, 4.69) is 92.2 Å². The summed E-state index contributed by atoms with van der Waals surface area (Å²) >= 11 is 0. The molecule has 0 saturated carbocycles. The van der Waals surface area contributed by atoms with Crippen LogP contribution in [0.15, 0.2) is 131 Å². The van der Waals surface area contributed by atoms with E-state index in [1.165, 1.54) is 10.8 Å². The van der Waals surface area contributed by atoms with Crippen LogP contribution >= 0.6 is 0 Å². The summed E-state index contributed by atoms with van der Waals surface area (Å²) in [6.45, 7) is 0. The Labute approximate surface area is 218 Å². The highest BCUT2D eigenvalue weighted by atomic mass is 16.1. The highest BCUT2D eigenvalue weighted by molar-refractivity contribution is 6.09. The van der Waals surface area contributed by atoms with Gasteiger partial charge in [0.15, 0.2) is 0 Å². The van der Waals surface area contributed by atoms with Crippen molar-refractivity contribution >= 4 is 62.4 Å². The van der Waals surface area contributed by atoms with E-state index in [-0.39, 0.29) is 0 Å². The Morgan fingerprint density at radius 1 is 0.500 bits per heavy atom. The molecule has 0 spiro atoms. The molecule has 0 atom stereocenters. The zero-order chi connectivity index (χ0) is 25.9. The maximum absolute atomic E-state index is 10.7. The smallest absolute Gasteiger partial charge is 0.240 e. The largest absolute Gasteiger partial charge is 0.310 e. The molecular formula is C32H20N4O2. The molecule has 0 bridgehead atoms. The van der Waals surface area contributed by atoms with Crippen LogP contribution in [0.5, 0.6) is 0 Å². The number of hydrogen-bond acceptors (Lipinski definition) is 5. The molecule has 6 nitrogen and oxygen atoms in total. The van der Waals surface area contributed by atoms with Gasteiger partial charge in [-0.2, -0.15) is 9.98 Å². The maximum atomic E-state index is 10.7. The molecule has 0 fully saturated rings. The van der Waals surface area contributed by atoms with Crippen LogP contribution in [0.1, 0.15) is 0 Å². The monoisotopic (exact) mass is 492 g/mol. The van der Waals surface area contributed by atoms with Crippen LogP contribution in [0.25, 0.3) is 27.5 Å². The fraction of sp³-hybridized carbons (Fsp3) is 0. The van der Waals surface area contributed by atoms with Crippen molar-refractivity contribution in [3.63, 3.8) is 0 Å². The molecule has 0 aliphatic carbocycles. The molecule has 0 saturated heterocycles. The molecule has 0 unspecified atom stereocenters. The molecule has 1 aromatic heterocycles. The minimum absolute atomic E-state index is 0.529. The maximum Gasteiger partial charge on any atom is 0.240 e. The first-order chi connectivity index (χ1) is 18.8. The summed E-state index contributed by atoms with van der Waals surface area (Å²) in [6, 6.07) is 39.9. The number of carbonyl (C=O) groups excluding carboxylic acids is 2. The predicted octanol–water partition coefficient (Wildman–Crippen LogP) is 8.19.